The van der Waals surface area contributed by atoms with Crippen LogP contribution in [0.1, 0.15) is 68.0 Å². The quantitative estimate of drug-likeness (QED) is 0.0573. The number of ether oxygens (including phenoxy) is 4. The zero-order chi connectivity index (χ0) is 38.6. The molecule has 54 heavy (non-hydrogen) atoms. The van der Waals surface area contributed by atoms with Gasteiger partial charge < -0.3 is 18.9 Å². The molecule has 13 heteroatoms. The minimum atomic E-state index is -1.83. The van der Waals surface area contributed by atoms with Crippen LogP contribution in [0.25, 0.3) is 0 Å². The Balaban J connectivity index is 1.36. The number of allylic oxidation sites excluding steroid dienone is 1. The summed E-state index contributed by atoms with van der Waals surface area (Å²) in [7, 11) is 1.43. The van der Waals surface area contributed by atoms with Crippen molar-refractivity contribution in [3.8, 4) is 11.5 Å². The highest BCUT2D eigenvalue weighted by Gasteiger charge is 2.48. The molecule has 0 bridgehead atoms. The number of methoxy groups -OCH3 is 2. The van der Waals surface area contributed by atoms with Gasteiger partial charge in [-0.1, -0.05) is 66.7 Å². The standard InChI is InChI=1S/C41H47N2O8PS2/c1-26(2)28-20-21-40(4,53)36(22-28)51-52(54)50-34-23-37(43-24-27(3)38(44)42-39(43)45)49-35(34)25-48-41(29-10-8-7-9-11-29,30-12-16-32(46-5)17-13-30)31-14-18-33(47-6)19-15-31/h7-19,24,28,34-37H,1,20-23,25H2,2-6H3,(H-,42,44,45,53)/p+1/t28-,34-,35+,36+,37+,40+/m0/s1. The van der Waals surface area contributed by atoms with Crippen LogP contribution in [0, 0.1) is 12.8 Å². The Morgan fingerprint density at radius 3 is 2.15 bits per heavy atom. The average Bonchev–Trinajstić information content (AvgIpc) is 3.56. The lowest BCUT2D eigenvalue weighted by Gasteiger charge is -2.38. The number of rotatable bonds is 14. The maximum absolute atomic E-state index is 13.1. The van der Waals surface area contributed by atoms with Gasteiger partial charge in [-0.15, -0.1) is 9.05 Å². The number of thiol groups is 1. The lowest BCUT2D eigenvalue weighted by Crippen LogP contribution is -2.41. The maximum atomic E-state index is 13.1. The molecular formula is C41H48N2O8PS2+. The highest BCUT2D eigenvalue weighted by atomic mass is 32.4. The smallest absolute Gasteiger partial charge is 0.497 e. The fourth-order valence-electron chi connectivity index (χ4n) is 7.31. The molecule has 0 spiro atoms. The van der Waals surface area contributed by atoms with Gasteiger partial charge >= 0.3 is 12.8 Å². The van der Waals surface area contributed by atoms with E-state index in [-0.39, 0.29) is 19.1 Å². The number of aromatic nitrogens is 2. The first-order valence-electron chi connectivity index (χ1n) is 18.0. The summed E-state index contributed by atoms with van der Waals surface area (Å²) in [6.45, 7) is 9.99. The predicted octanol–water partition coefficient (Wildman–Crippen LogP) is 7.77. The van der Waals surface area contributed by atoms with Gasteiger partial charge in [-0.05, 0) is 86.9 Å². The lowest BCUT2D eigenvalue weighted by atomic mass is 9.77. The van der Waals surface area contributed by atoms with Crippen molar-refractivity contribution in [2.24, 2.45) is 5.92 Å². The van der Waals surface area contributed by atoms with E-state index in [9.17, 15) is 9.59 Å². The van der Waals surface area contributed by atoms with E-state index in [1.54, 1.807) is 21.1 Å². The molecule has 286 valence electrons. The zero-order valence-electron chi connectivity index (χ0n) is 31.2. The Morgan fingerprint density at radius 2 is 1.57 bits per heavy atom. The van der Waals surface area contributed by atoms with E-state index in [0.717, 1.165) is 41.5 Å². The van der Waals surface area contributed by atoms with Gasteiger partial charge in [-0.2, -0.15) is 12.6 Å². The molecule has 0 amide bonds. The van der Waals surface area contributed by atoms with Crippen LogP contribution in [0.3, 0.4) is 0 Å². The monoisotopic (exact) mass is 791 g/mol. The van der Waals surface area contributed by atoms with E-state index in [1.165, 1.54) is 10.8 Å². The Hall–Kier alpha value is -3.61. The fraction of sp³-hybridized carbons (Fsp3) is 0.415. The van der Waals surface area contributed by atoms with Crippen LogP contribution in [0.2, 0.25) is 0 Å². The van der Waals surface area contributed by atoms with Crippen LogP contribution in [-0.4, -0.2) is 53.4 Å². The second-order valence-electron chi connectivity index (χ2n) is 14.3. The van der Waals surface area contributed by atoms with Crippen molar-refractivity contribution < 1.29 is 28.0 Å². The molecule has 1 aliphatic heterocycles. The summed E-state index contributed by atoms with van der Waals surface area (Å²) >= 11 is 10.9. The van der Waals surface area contributed by atoms with E-state index >= 15 is 0 Å². The molecule has 4 aromatic rings. The minimum absolute atomic E-state index is 0.0369. The Bertz CT molecular complexity index is 2010. The number of aromatic amines is 1. The topological polar surface area (TPSA) is 110 Å². The molecule has 0 radical (unpaired) electrons. The first-order chi connectivity index (χ1) is 25.8. The molecule has 6 rings (SSSR count). The number of hydrogen-bond acceptors (Lipinski definition) is 10. The molecular weight excluding hydrogens is 744 g/mol. The number of nitrogens with zero attached hydrogens (tertiary/aromatic N) is 1. The normalized spacial score (nSPS) is 24.6. The highest BCUT2D eigenvalue weighted by Crippen LogP contribution is 2.47. The third-order valence-corrected chi connectivity index (χ3v) is 12.5. The average molecular weight is 792 g/mol. The van der Waals surface area contributed by atoms with Crippen molar-refractivity contribution in [2.45, 2.75) is 81.3 Å². The summed E-state index contributed by atoms with van der Waals surface area (Å²) < 4.78 is 38.9. The van der Waals surface area contributed by atoms with E-state index in [0.29, 0.717) is 23.0 Å². The van der Waals surface area contributed by atoms with Crippen molar-refractivity contribution in [2.75, 3.05) is 20.8 Å². The molecule has 3 aromatic carbocycles. The number of aryl methyl sites for hydroxylation is 1. The summed E-state index contributed by atoms with van der Waals surface area (Å²) in [6.07, 6.45) is 2.04. The van der Waals surface area contributed by atoms with Gasteiger partial charge in [0.05, 0.1) is 20.8 Å². The summed E-state index contributed by atoms with van der Waals surface area (Å²) in [5.74, 6) is 1.72. The number of benzene rings is 3. The second-order valence-corrected chi connectivity index (χ2v) is 17.1. The van der Waals surface area contributed by atoms with Gasteiger partial charge in [0.2, 0.25) is 11.8 Å². The Kier molecular flexibility index (Phi) is 12.6. The predicted molar refractivity (Wildman–Crippen MR) is 216 cm³/mol. The maximum Gasteiger partial charge on any atom is 0.522 e. The summed E-state index contributed by atoms with van der Waals surface area (Å²) in [4.78, 5) is 27.8. The molecule has 10 nitrogen and oxygen atoms in total. The molecule has 1 aromatic heterocycles. The summed E-state index contributed by atoms with van der Waals surface area (Å²) in [5.41, 5.74) is 1.92. The summed E-state index contributed by atoms with van der Waals surface area (Å²) in [6, 6.07) is 25.5. The molecule has 1 saturated carbocycles. The van der Waals surface area contributed by atoms with Gasteiger partial charge in [-0.25, -0.2) is 4.79 Å². The van der Waals surface area contributed by atoms with Gasteiger partial charge in [0.25, 0.3) is 5.56 Å². The lowest BCUT2D eigenvalue weighted by molar-refractivity contribution is -0.0917. The van der Waals surface area contributed by atoms with E-state index in [2.05, 4.69) is 18.5 Å². The summed E-state index contributed by atoms with van der Waals surface area (Å²) in [5, 5.41) is 0. The van der Waals surface area contributed by atoms with E-state index in [4.69, 9.17) is 52.4 Å². The third kappa shape index (κ3) is 8.60. The zero-order valence-corrected chi connectivity index (χ0v) is 33.8. The Morgan fingerprint density at radius 1 is 0.981 bits per heavy atom. The minimum Gasteiger partial charge on any atom is -0.497 e. The molecule has 2 fully saturated rings. The van der Waals surface area contributed by atoms with Gasteiger partial charge in [-0.3, -0.25) is 14.3 Å². The number of hydrogen-bond donors (Lipinski definition) is 2. The van der Waals surface area contributed by atoms with E-state index < -0.39 is 47.2 Å². The molecule has 1 unspecified atom stereocenters. The van der Waals surface area contributed by atoms with Gasteiger partial charge in [0.1, 0.15) is 41.6 Å². The molecule has 7 atom stereocenters. The van der Waals surface area contributed by atoms with Crippen LogP contribution in [0.4, 0.5) is 0 Å². The molecule has 2 aliphatic rings. The van der Waals surface area contributed by atoms with Gasteiger partial charge in [0, 0.05) is 22.9 Å². The second kappa shape index (κ2) is 17.0. The van der Waals surface area contributed by atoms with Crippen LogP contribution in [0.5, 0.6) is 11.5 Å². The van der Waals surface area contributed by atoms with Crippen LogP contribution >= 0.6 is 19.8 Å². The van der Waals surface area contributed by atoms with E-state index in [1.807, 2.05) is 85.8 Å². The third-order valence-electron chi connectivity index (χ3n) is 10.6. The van der Waals surface area contributed by atoms with Crippen molar-refractivity contribution in [1.82, 2.24) is 9.55 Å². The van der Waals surface area contributed by atoms with Gasteiger partial charge in [0.15, 0.2) is 0 Å². The highest BCUT2D eigenvalue weighted by molar-refractivity contribution is 8.00. The van der Waals surface area contributed by atoms with Crippen LogP contribution in [-0.2, 0) is 35.9 Å². The van der Waals surface area contributed by atoms with Crippen molar-refractivity contribution >= 4 is 31.6 Å². The van der Waals surface area contributed by atoms with Crippen LogP contribution in [0.15, 0.2) is 107 Å². The first-order valence-corrected chi connectivity index (χ1v) is 20.6. The van der Waals surface area contributed by atoms with Crippen molar-refractivity contribution in [1.29, 1.82) is 0 Å². The van der Waals surface area contributed by atoms with Crippen molar-refractivity contribution in [3.05, 3.63) is 140 Å². The van der Waals surface area contributed by atoms with Crippen molar-refractivity contribution in [3.63, 3.8) is 0 Å². The molecule has 2 heterocycles. The SMILES string of the molecule is C=C(C)[C@H]1CC[C@@](C)(S)[C@H](O[P+](=S)O[C@H]2C[C@H](n3cc(C)c(=O)[nH]c3=O)O[C@@H]2COC(c2ccccc2)(c2ccc(OC)cc2)c2ccc(OC)cc2)C1. The number of nitrogens with one attached hydrogen (secondary N) is 1. The molecule has 1 N–H and O–H groups in total. The molecule has 1 saturated heterocycles. The Labute approximate surface area is 327 Å². The molecule has 1 aliphatic carbocycles. The number of H-pyrrole nitrogens is 1. The van der Waals surface area contributed by atoms with Crippen LogP contribution < -0.4 is 20.7 Å². The first kappa shape index (κ1) is 40.1. The fourth-order valence-corrected chi connectivity index (χ4v) is 9.35. The largest absolute Gasteiger partial charge is 0.522 e.